The third-order valence-corrected chi connectivity index (χ3v) is 0.795. The Kier molecular flexibility index (Phi) is 5.99. The Morgan fingerprint density at radius 2 is 2.00 bits per heavy atom. The van der Waals surface area contributed by atoms with Gasteiger partial charge >= 0.3 is 0 Å². The molecule has 0 amide bonds. The minimum absolute atomic E-state index is 0.00426. The summed E-state index contributed by atoms with van der Waals surface area (Å²) in [5.41, 5.74) is 6.88. The fraction of sp³-hybridized carbons (Fsp3) is 0.667. The molecular weight excluding hydrogens is 186 g/mol. The standard InChI is InChI=1S/C3H11N5O5/c4-3(6-7(9)10)5-1-2-13-8(11)12/h9-12H,1-2H2,(H3,4,5,6). The Hall–Kier alpha value is -1.01. The van der Waals surface area contributed by atoms with Crippen molar-refractivity contribution >= 4 is 5.96 Å². The van der Waals surface area contributed by atoms with E-state index in [-0.39, 0.29) is 24.4 Å². The Labute approximate surface area is 72.8 Å². The zero-order valence-electron chi connectivity index (χ0n) is 6.53. The van der Waals surface area contributed by atoms with Crippen molar-refractivity contribution in [1.82, 2.24) is 16.2 Å². The summed E-state index contributed by atoms with van der Waals surface area (Å²) in [6.45, 7) is -0.128. The second-order valence-electron chi connectivity index (χ2n) is 1.75. The number of aliphatic imine (C=N–C) groups is 1. The molecule has 0 aliphatic carbocycles. The molecule has 0 aromatic heterocycles. The molecule has 78 valence electrons. The molecule has 0 radical (unpaired) electrons. The smallest absolute Gasteiger partial charge is 0.207 e. The molecule has 7 N–H and O–H groups in total. The normalized spacial score (nSPS) is 12.6. The van der Waals surface area contributed by atoms with Gasteiger partial charge in [0.05, 0.1) is 18.5 Å². The van der Waals surface area contributed by atoms with Crippen LogP contribution < -0.4 is 11.2 Å². The second kappa shape index (κ2) is 6.50. The first-order valence-corrected chi connectivity index (χ1v) is 3.07. The second-order valence-corrected chi connectivity index (χ2v) is 1.75. The van der Waals surface area contributed by atoms with Gasteiger partial charge in [-0.05, 0) is 0 Å². The molecule has 0 fully saturated rings. The summed E-state index contributed by atoms with van der Waals surface area (Å²) < 4.78 is 0. The van der Waals surface area contributed by atoms with Crippen LogP contribution in [0.4, 0.5) is 0 Å². The molecule has 0 bridgehead atoms. The highest BCUT2D eigenvalue weighted by Gasteiger charge is 1.96. The van der Waals surface area contributed by atoms with Crippen LogP contribution in [-0.4, -0.2) is 50.7 Å². The molecule has 10 nitrogen and oxygen atoms in total. The van der Waals surface area contributed by atoms with E-state index in [0.717, 1.165) is 0 Å². The van der Waals surface area contributed by atoms with E-state index in [9.17, 15) is 0 Å². The molecule has 0 atom stereocenters. The van der Waals surface area contributed by atoms with Crippen LogP contribution >= 0.6 is 0 Å². The van der Waals surface area contributed by atoms with Crippen molar-refractivity contribution in [3.8, 4) is 0 Å². The number of nitrogens with two attached hydrogens (primary N) is 1. The number of guanidine groups is 1. The third kappa shape index (κ3) is 8.90. The summed E-state index contributed by atoms with van der Waals surface area (Å²) in [5, 5.41) is 31.6. The van der Waals surface area contributed by atoms with Gasteiger partial charge in [-0.3, -0.25) is 20.8 Å². The number of hydrazine groups is 1. The van der Waals surface area contributed by atoms with Crippen molar-refractivity contribution in [3.63, 3.8) is 0 Å². The average Bonchev–Trinajstić information content (AvgIpc) is 1.96. The minimum atomic E-state index is -0.469. The Morgan fingerprint density at radius 3 is 2.46 bits per heavy atom. The van der Waals surface area contributed by atoms with E-state index in [1.54, 1.807) is 0 Å². The van der Waals surface area contributed by atoms with Crippen LogP contribution in [0.5, 0.6) is 0 Å². The number of nitrogens with one attached hydrogen (secondary N) is 1. The van der Waals surface area contributed by atoms with Gasteiger partial charge in [0.1, 0.15) is 0 Å². The molecule has 0 aromatic rings. The largest absolute Gasteiger partial charge is 0.369 e. The van der Waals surface area contributed by atoms with Gasteiger partial charge in [0.15, 0.2) is 0 Å². The Bertz CT molecular complexity index is 160. The van der Waals surface area contributed by atoms with E-state index in [2.05, 4.69) is 9.83 Å². The van der Waals surface area contributed by atoms with E-state index in [1.807, 2.05) is 5.43 Å². The van der Waals surface area contributed by atoms with Crippen molar-refractivity contribution in [2.75, 3.05) is 13.2 Å². The quantitative estimate of drug-likeness (QED) is 0.126. The molecule has 0 rings (SSSR count). The zero-order chi connectivity index (χ0) is 10.3. The van der Waals surface area contributed by atoms with Gasteiger partial charge in [0, 0.05) is 5.34 Å². The zero-order valence-corrected chi connectivity index (χ0v) is 6.53. The molecule has 0 saturated heterocycles. The fourth-order valence-corrected chi connectivity index (χ4v) is 0.426. The summed E-state index contributed by atoms with van der Waals surface area (Å²) in [6.07, 6.45) is 0. The number of hydrogen-bond donors (Lipinski definition) is 6. The van der Waals surface area contributed by atoms with Crippen molar-refractivity contribution in [1.29, 1.82) is 0 Å². The van der Waals surface area contributed by atoms with Crippen LogP contribution in [0.15, 0.2) is 4.99 Å². The lowest BCUT2D eigenvalue weighted by atomic mass is 10.7. The molecule has 0 aromatic carbocycles. The van der Waals surface area contributed by atoms with Gasteiger partial charge in [0.25, 0.3) is 0 Å². The van der Waals surface area contributed by atoms with Crippen molar-refractivity contribution in [2.24, 2.45) is 10.7 Å². The SMILES string of the molecule is NC(=NCCON(O)O)NN(O)O. The van der Waals surface area contributed by atoms with Gasteiger partial charge in [-0.25, -0.2) is 15.3 Å². The summed E-state index contributed by atoms with van der Waals surface area (Å²) >= 11 is 0. The summed E-state index contributed by atoms with van der Waals surface area (Å²) in [5.74, 6) is -0.268. The molecule has 0 heterocycles. The summed E-state index contributed by atoms with van der Waals surface area (Å²) in [6, 6.07) is 0. The van der Waals surface area contributed by atoms with E-state index >= 15 is 0 Å². The molecular formula is C3H11N5O5. The van der Waals surface area contributed by atoms with Crippen LogP contribution in [-0.2, 0) is 4.84 Å². The van der Waals surface area contributed by atoms with E-state index in [1.165, 1.54) is 0 Å². The molecule has 0 aliphatic heterocycles. The first-order chi connectivity index (χ1) is 6.02. The number of nitrogens with zero attached hydrogens (tertiary/aromatic N) is 3. The van der Waals surface area contributed by atoms with Crippen molar-refractivity contribution in [2.45, 2.75) is 0 Å². The van der Waals surface area contributed by atoms with Crippen LogP contribution in [0.3, 0.4) is 0 Å². The van der Waals surface area contributed by atoms with Crippen LogP contribution in [0.2, 0.25) is 0 Å². The lowest BCUT2D eigenvalue weighted by Crippen LogP contribution is -2.42. The predicted octanol–water partition coefficient (Wildman–Crippen LogP) is -2.10. The van der Waals surface area contributed by atoms with Gasteiger partial charge in [-0.1, -0.05) is 0 Å². The number of rotatable bonds is 5. The lowest BCUT2D eigenvalue weighted by molar-refractivity contribution is -0.491. The summed E-state index contributed by atoms with van der Waals surface area (Å²) in [4.78, 5) is 7.60. The van der Waals surface area contributed by atoms with Crippen molar-refractivity contribution < 1.29 is 25.7 Å². The van der Waals surface area contributed by atoms with Crippen LogP contribution in [0.1, 0.15) is 0 Å². The maximum atomic E-state index is 8.17. The Balaban J connectivity index is 3.47. The first-order valence-electron chi connectivity index (χ1n) is 3.07. The molecule has 0 spiro atoms. The van der Waals surface area contributed by atoms with Crippen molar-refractivity contribution in [3.05, 3.63) is 0 Å². The van der Waals surface area contributed by atoms with Gasteiger partial charge in [-0.2, -0.15) is 0 Å². The molecule has 0 saturated carbocycles. The van der Waals surface area contributed by atoms with E-state index in [0.29, 0.717) is 0 Å². The highest BCUT2D eigenvalue weighted by Crippen LogP contribution is 1.78. The highest BCUT2D eigenvalue weighted by atomic mass is 17.1. The van der Waals surface area contributed by atoms with E-state index < -0.39 is 5.39 Å². The maximum absolute atomic E-state index is 8.17. The number of hydrogen-bond acceptors (Lipinski definition) is 8. The van der Waals surface area contributed by atoms with Gasteiger partial charge < -0.3 is 5.73 Å². The molecule has 0 aliphatic rings. The first kappa shape index (κ1) is 12.0. The Morgan fingerprint density at radius 1 is 1.38 bits per heavy atom. The van der Waals surface area contributed by atoms with Crippen LogP contribution in [0, 0.1) is 0 Å². The van der Waals surface area contributed by atoms with Gasteiger partial charge in [-0.15, -0.1) is 0 Å². The van der Waals surface area contributed by atoms with Gasteiger partial charge in [0.2, 0.25) is 5.96 Å². The highest BCUT2D eigenvalue weighted by molar-refractivity contribution is 5.77. The average molecular weight is 197 g/mol. The monoisotopic (exact) mass is 197 g/mol. The third-order valence-electron chi connectivity index (χ3n) is 0.795. The minimum Gasteiger partial charge on any atom is -0.369 e. The molecule has 0 unspecified atom stereocenters. The topological polar surface area (TPSA) is 147 Å². The fourth-order valence-electron chi connectivity index (χ4n) is 0.426. The lowest BCUT2D eigenvalue weighted by Gasteiger charge is -2.08. The predicted molar refractivity (Wildman–Crippen MR) is 36.4 cm³/mol. The summed E-state index contributed by atoms with van der Waals surface area (Å²) in [7, 11) is 0. The van der Waals surface area contributed by atoms with E-state index in [4.69, 9.17) is 26.6 Å². The maximum Gasteiger partial charge on any atom is 0.207 e. The molecule has 10 heteroatoms. The molecule has 13 heavy (non-hydrogen) atoms. The van der Waals surface area contributed by atoms with Crippen LogP contribution in [0.25, 0.3) is 0 Å².